The number of aliphatic hydroxyl groups excluding tert-OH is 1. The molecule has 2 heterocycles. The molecule has 0 radical (unpaired) electrons. The van der Waals surface area contributed by atoms with Gasteiger partial charge in [-0.05, 0) is 38.9 Å². The maximum atomic E-state index is 9.87. The van der Waals surface area contributed by atoms with Crippen LogP contribution in [0.1, 0.15) is 12.8 Å². The van der Waals surface area contributed by atoms with Crippen molar-refractivity contribution in [1.29, 1.82) is 0 Å². The van der Waals surface area contributed by atoms with Crippen molar-refractivity contribution < 1.29 is 14.6 Å². The number of hydrogen-bond donors (Lipinski definition) is 1. The van der Waals surface area contributed by atoms with Crippen LogP contribution in [0.3, 0.4) is 0 Å². The normalized spacial score (nSPS) is 26.3. The number of nitrogens with zero attached hydrogens (tertiary/aromatic N) is 2. The van der Waals surface area contributed by atoms with E-state index in [1.54, 1.807) is 0 Å². The van der Waals surface area contributed by atoms with Crippen molar-refractivity contribution in [1.82, 2.24) is 9.80 Å². The van der Waals surface area contributed by atoms with E-state index in [4.69, 9.17) is 9.47 Å². The topological polar surface area (TPSA) is 45.2 Å². The summed E-state index contributed by atoms with van der Waals surface area (Å²) in [6.45, 7) is 6.92. The Hall–Kier alpha value is -0.200. The first kappa shape index (κ1) is 14.2. The molecule has 1 unspecified atom stereocenters. The van der Waals surface area contributed by atoms with E-state index >= 15 is 0 Å². The summed E-state index contributed by atoms with van der Waals surface area (Å²) in [7, 11) is 2.16. The first-order chi connectivity index (χ1) is 8.74. The van der Waals surface area contributed by atoms with Gasteiger partial charge >= 0.3 is 0 Å². The molecule has 106 valence electrons. The molecule has 18 heavy (non-hydrogen) atoms. The van der Waals surface area contributed by atoms with Gasteiger partial charge in [-0.15, -0.1) is 0 Å². The zero-order valence-electron chi connectivity index (χ0n) is 11.4. The molecule has 5 nitrogen and oxygen atoms in total. The number of aliphatic hydroxyl groups is 1. The summed E-state index contributed by atoms with van der Waals surface area (Å²) in [6.07, 6.45) is 1.71. The van der Waals surface area contributed by atoms with Crippen LogP contribution in [0.4, 0.5) is 0 Å². The van der Waals surface area contributed by atoms with E-state index in [1.807, 2.05) is 0 Å². The first-order valence-electron chi connectivity index (χ1n) is 7.02. The van der Waals surface area contributed by atoms with Crippen LogP contribution in [-0.4, -0.2) is 80.8 Å². The van der Waals surface area contributed by atoms with Crippen molar-refractivity contribution in [3.05, 3.63) is 0 Å². The van der Waals surface area contributed by atoms with Crippen LogP contribution in [-0.2, 0) is 9.47 Å². The molecule has 1 N–H and O–H groups in total. The highest BCUT2D eigenvalue weighted by molar-refractivity contribution is 4.70. The predicted octanol–water partition coefficient (Wildman–Crippen LogP) is -0.00460. The van der Waals surface area contributed by atoms with Crippen molar-refractivity contribution >= 4 is 0 Å². The molecule has 0 aromatic carbocycles. The molecule has 1 atom stereocenters. The minimum atomic E-state index is -0.650. The lowest BCUT2D eigenvalue weighted by Crippen LogP contribution is -2.42. The van der Waals surface area contributed by atoms with Crippen LogP contribution in [0.2, 0.25) is 0 Å². The number of hydrogen-bond acceptors (Lipinski definition) is 5. The number of likely N-dealkylation sites (tertiary alicyclic amines) is 1. The Morgan fingerprint density at radius 3 is 2.56 bits per heavy atom. The summed E-state index contributed by atoms with van der Waals surface area (Å²) in [6, 6.07) is 0. The van der Waals surface area contributed by atoms with Gasteiger partial charge in [0.2, 0.25) is 0 Å². The predicted molar refractivity (Wildman–Crippen MR) is 69.4 cm³/mol. The van der Waals surface area contributed by atoms with E-state index in [2.05, 4.69) is 16.8 Å². The van der Waals surface area contributed by atoms with Crippen molar-refractivity contribution in [3.63, 3.8) is 0 Å². The minimum Gasteiger partial charge on any atom is -0.379 e. The fraction of sp³-hybridized carbons (Fsp3) is 1.00. The highest BCUT2D eigenvalue weighted by Crippen LogP contribution is 2.16. The van der Waals surface area contributed by atoms with Gasteiger partial charge in [-0.1, -0.05) is 0 Å². The van der Waals surface area contributed by atoms with Gasteiger partial charge in [-0.2, -0.15) is 0 Å². The molecule has 0 bridgehead atoms. The highest BCUT2D eigenvalue weighted by atomic mass is 16.6. The monoisotopic (exact) mass is 258 g/mol. The Bertz CT molecular complexity index is 226. The summed E-state index contributed by atoms with van der Waals surface area (Å²) in [5.74, 6) is 0.612. The summed E-state index contributed by atoms with van der Waals surface area (Å²) in [5, 5.41) is 9.87. The highest BCUT2D eigenvalue weighted by Gasteiger charge is 2.19. The second-order valence-electron chi connectivity index (χ2n) is 5.45. The van der Waals surface area contributed by atoms with Crippen LogP contribution in [0.15, 0.2) is 0 Å². The average molecular weight is 258 g/mol. The van der Waals surface area contributed by atoms with Gasteiger partial charge in [0, 0.05) is 19.6 Å². The van der Waals surface area contributed by atoms with Crippen molar-refractivity contribution in [2.75, 3.05) is 59.6 Å². The first-order valence-corrected chi connectivity index (χ1v) is 7.02. The van der Waals surface area contributed by atoms with Gasteiger partial charge in [-0.3, -0.25) is 4.90 Å². The Kier molecular flexibility index (Phi) is 5.85. The Labute approximate surface area is 110 Å². The summed E-state index contributed by atoms with van der Waals surface area (Å²) in [4.78, 5) is 4.55. The molecule has 2 fully saturated rings. The summed E-state index contributed by atoms with van der Waals surface area (Å²) in [5.41, 5.74) is 0. The largest absolute Gasteiger partial charge is 0.379 e. The molecule has 2 rings (SSSR count). The van der Waals surface area contributed by atoms with Crippen molar-refractivity contribution in [2.24, 2.45) is 5.92 Å². The zero-order chi connectivity index (χ0) is 12.8. The molecule has 0 spiro atoms. The molecular formula is C13H26N2O3. The number of morpholine rings is 1. The molecular weight excluding hydrogens is 232 g/mol. The lowest BCUT2D eigenvalue weighted by atomic mass is 9.98. The molecule has 2 saturated heterocycles. The fourth-order valence-corrected chi connectivity index (χ4v) is 2.53. The van der Waals surface area contributed by atoms with Gasteiger partial charge in [0.05, 0.1) is 19.8 Å². The van der Waals surface area contributed by atoms with E-state index in [0.29, 0.717) is 19.1 Å². The molecule has 2 aliphatic rings. The molecule has 0 saturated carbocycles. The number of rotatable bonds is 5. The SMILES string of the molecule is CN1CCC(COC(O)CN2CCOCC2)CC1. The fourth-order valence-electron chi connectivity index (χ4n) is 2.53. The van der Waals surface area contributed by atoms with Crippen LogP contribution < -0.4 is 0 Å². The lowest BCUT2D eigenvalue weighted by molar-refractivity contribution is -0.132. The van der Waals surface area contributed by atoms with E-state index in [9.17, 15) is 5.11 Å². The van der Waals surface area contributed by atoms with E-state index < -0.39 is 6.29 Å². The van der Waals surface area contributed by atoms with Crippen LogP contribution in [0.25, 0.3) is 0 Å². The van der Waals surface area contributed by atoms with Crippen LogP contribution >= 0.6 is 0 Å². The number of ether oxygens (including phenoxy) is 2. The molecule has 0 aromatic rings. The van der Waals surface area contributed by atoms with Gasteiger partial charge in [0.15, 0.2) is 6.29 Å². The molecule has 2 aliphatic heterocycles. The maximum Gasteiger partial charge on any atom is 0.167 e. The molecule has 0 amide bonds. The van der Waals surface area contributed by atoms with Gasteiger partial charge in [0.1, 0.15) is 0 Å². The third kappa shape index (κ3) is 4.82. The van der Waals surface area contributed by atoms with Gasteiger partial charge in [0.25, 0.3) is 0 Å². The molecule has 0 aliphatic carbocycles. The van der Waals surface area contributed by atoms with E-state index in [-0.39, 0.29) is 0 Å². The second-order valence-corrected chi connectivity index (χ2v) is 5.45. The average Bonchev–Trinajstić information content (AvgIpc) is 2.39. The zero-order valence-corrected chi connectivity index (χ0v) is 11.4. The maximum absolute atomic E-state index is 9.87. The second kappa shape index (κ2) is 7.40. The lowest BCUT2D eigenvalue weighted by Gasteiger charge is -2.31. The van der Waals surface area contributed by atoms with E-state index in [1.165, 1.54) is 12.8 Å². The number of β-amino-alcohol motifs (C(OH)–C–C–N with tert-alkyl or cyclic N) is 1. The standard InChI is InChI=1S/C13H26N2O3/c1-14-4-2-12(3-5-14)11-18-13(16)10-15-6-8-17-9-7-15/h12-13,16H,2-11H2,1H3. The Morgan fingerprint density at radius 1 is 1.22 bits per heavy atom. The van der Waals surface area contributed by atoms with E-state index in [0.717, 1.165) is 39.4 Å². The third-order valence-electron chi connectivity index (χ3n) is 3.88. The minimum absolute atomic E-state index is 0.607. The van der Waals surface area contributed by atoms with Crippen molar-refractivity contribution in [2.45, 2.75) is 19.1 Å². The quantitative estimate of drug-likeness (QED) is 0.703. The number of piperidine rings is 1. The summed E-state index contributed by atoms with van der Waals surface area (Å²) >= 11 is 0. The molecule has 0 aromatic heterocycles. The Morgan fingerprint density at radius 2 is 1.89 bits per heavy atom. The summed E-state index contributed by atoms with van der Waals surface area (Å²) < 4.78 is 10.9. The van der Waals surface area contributed by atoms with Gasteiger partial charge < -0.3 is 19.5 Å². The Balaban J connectivity index is 1.57. The smallest absolute Gasteiger partial charge is 0.167 e. The molecule has 5 heteroatoms. The van der Waals surface area contributed by atoms with Crippen LogP contribution in [0, 0.1) is 5.92 Å². The van der Waals surface area contributed by atoms with Crippen LogP contribution in [0.5, 0.6) is 0 Å². The van der Waals surface area contributed by atoms with Crippen molar-refractivity contribution in [3.8, 4) is 0 Å². The van der Waals surface area contributed by atoms with Gasteiger partial charge in [-0.25, -0.2) is 0 Å². The third-order valence-corrected chi connectivity index (χ3v) is 3.88.